The smallest absolute Gasteiger partial charge is 0.0929 e. The lowest BCUT2D eigenvalue weighted by atomic mass is 9.99. The molecule has 0 saturated heterocycles. The Morgan fingerprint density at radius 3 is 2.67 bits per heavy atom. The summed E-state index contributed by atoms with van der Waals surface area (Å²) in [6.45, 7) is 8.46. The van der Waals surface area contributed by atoms with Crippen molar-refractivity contribution in [3.8, 4) is 0 Å². The molecule has 0 aliphatic carbocycles. The monoisotopic (exact) mass is 200 g/mol. The third-order valence-electron chi connectivity index (χ3n) is 2.74. The molecule has 2 rings (SSSR count). The molecule has 1 aromatic carbocycles. The standard InChI is InChI=1S/C13H16N2/c1-9(2)10(3)13-11-7-5-6-8-12(11)14-15(13)4/h5-9H,3H2,1-2,4H3. The van der Waals surface area contributed by atoms with E-state index in [2.05, 4.69) is 31.6 Å². The minimum atomic E-state index is 0.448. The van der Waals surface area contributed by atoms with Crippen LogP contribution in [0.25, 0.3) is 16.5 Å². The van der Waals surface area contributed by atoms with E-state index in [0.29, 0.717) is 5.92 Å². The highest BCUT2D eigenvalue weighted by molar-refractivity contribution is 5.90. The van der Waals surface area contributed by atoms with Gasteiger partial charge < -0.3 is 0 Å². The Bertz CT molecular complexity index is 506. The second kappa shape index (κ2) is 3.54. The van der Waals surface area contributed by atoms with E-state index in [4.69, 9.17) is 0 Å². The van der Waals surface area contributed by atoms with Crippen LogP contribution in [0.2, 0.25) is 0 Å². The molecule has 2 heteroatoms. The average molecular weight is 200 g/mol. The maximum absolute atomic E-state index is 4.47. The van der Waals surface area contributed by atoms with Crippen LogP contribution >= 0.6 is 0 Å². The first-order valence-corrected chi connectivity index (χ1v) is 5.22. The molecule has 78 valence electrons. The fourth-order valence-electron chi connectivity index (χ4n) is 1.80. The predicted octanol–water partition coefficient (Wildman–Crippen LogP) is 3.24. The van der Waals surface area contributed by atoms with Crippen molar-refractivity contribution in [2.24, 2.45) is 13.0 Å². The first-order chi connectivity index (χ1) is 7.11. The first-order valence-electron chi connectivity index (χ1n) is 5.22. The molecule has 0 atom stereocenters. The molecule has 0 aliphatic rings. The summed E-state index contributed by atoms with van der Waals surface area (Å²) in [5.74, 6) is 0.448. The van der Waals surface area contributed by atoms with Crippen LogP contribution in [0.5, 0.6) is 0 Å². The van der Waals surface area contributed by atoms with Crippen molar-refractivity contribution in [1.82, 2.24) is 9.78 Å². The van der Waals surface area contributed by atoms with Crippen LogP contribution in [0.1, 0.15) is 19.5 Å². The summed E-state index contributed by atoms with van der Waals surface area (Å²) in [5, 5.41) is 5.67. The summed E-state index contributed by atoms with van der Waals surface area (Å²) in [4.78, 5) is 0. The van der Waals surface area contributed by atoms with Crippen LogP contribution in [0.3, 0.4) is 0 Å². The largest absolute Gasteiger partial charge is 0.267 e. The van der Waals surface area contributed by atoms with E-state index < -0.39 is 0 Å². The van der Waals surface area contributed by atoms with E-state index in [9.17, 15) is 0 Å². The van der Waals surface area contributed by atoms with Crippen molar-refractivity contribution >= 4 is 16.5 Å². The van der Waals surface area contributed by atoms with Gasteiger partial charge in [0.25, 0.3) is 0 Å². The summed E-state index contributed by atoms with van der Waals surface area (Å²) in [5.41, 5.74) is 3.34. The van der Waals surface area contributed by atoms with Gasteiger partial charge in [0.05, 0.1) is 11.2 Å². The van der Waals surface area contributed by atoms with Gasteiger partial charge in [0, 0.05) is 12.4 Å². The topological polar surface area (TPSA) is 17.8 Å². The van der Waals surface area contributed by atoms with Crippen molar-refractivity contribution in [2.75, 3.05) is 0 Å². The van der Waals surface area contributed by atoms with Gasteiger partial charge >= 0.3 is 0 Å². The normalized spacial score (nSPS) is 11.2. The highest BCUT2D eigenvalue weighted by Crippen LogP contribution is 2.27. The molecule has 0 aliphatic heterocycles. The highest BCUT2D eigenvalue weighted by atomic mass is 15.3. The van der Waals surface area contributed by atoms with Gasteiger partial charge in [-0.3, -0.25) is 4.68 Å². The molecule has 0 unspecified atom stereocenters. The molecule has 0 saturated carbocycles. The summed E-state index contributed by atoms with van der Waals surface area (Å²) >= 11 is 0. The third kappa shape index (κ3) is 1.56. The van der Waals surface area contributed by atoms with Crippen LogP contribution in [0.15, 0.2) is 30.8 Å². The Balaban J connectivity index is 2.69. The number of aromatic nitrogens is 2. The molecule has 0 radical (unpaired) electrons. The Morgan fingerprint density at radius 1 is 1.33 bits per heavy atom. The maximum Gasteiger partial charge on any atom is 0.0929 e. The summed E-state index contributed by atoms with van der Waals surface area (Å²) in [6, 6.07) is 8.19. The van der Waals surface area contributed by atoms with Crippen LogP contribution in [0, 0.1) is 5.92 Å². The molecule has 2 aromatic rings. The van der Waals surface area contributed by atoms with E-state index in [1.807, 2.05) is 29.9 Å². The van der Waals surface area contributed by atoms with Gasteiger partial charge in [-0.05, 0) is 17.6 Å². The van der Waals surface area contributed by atoms with Crippen molar-refractivity contribution in [3.63, 3.8) is 0 Å². The number of rotatable bonds is 2. The predicted molar refractivity (Wildman–Crippen MR) is 64.6 cm³/mol. The van der Waals surface area contributed by atoms with Gasteiger partial charge in [-0.2, -0.15) is 5.10 Å². The quantitative estimate of drug-likeness (QED) is 0.727. The molecule has 0 spiro atoms. The van der Waals surface area contributed by atoms with Gasteiger partial charge in [-0.25, -0.2) is 0 Å². The molecule has 0 fully saturated rings. The van der Waals surface area contributed by atoms with E-state index in [0.717, 1.165) is 16.8 Å². The lowest BCUT2D eigenvalue weighted by Crippen LogP contribution is -2.01. The van der Waals surface area contributed by atoms with Crippen LogP contribution < -0.4 is 0 Å². The molecule has 2 nitrogen and oxygen atoms in total. The van der Waals surface area contributed by atoms with Gasteiger partial charge in [-0.15, -0.1) is 0 Å². The number of benzene rings is 1. The average Bonchev–Trinajstić information content (AvgIpc) is 2.52. The summed E-state index contributed by atoms with van der Waals surface area (Å²) in [6.07, 6.45) is 0. The number of fused-ring (bicyclic) bond motifs is 1. The van der Waals surface area contributed by atoms with Gasteiger partial charge in [0.2, 0.25) is 0 Å². The van der Waals surface area contributed by atoms with Crippen molar-refractivity contribution in [1.29, 1.82) is 0 Å². The fourth-order valence-corrected chi connectivity index (χ4v) is 1.80. The third-order valence-corrected chi connectivity index (χ3v) is 2.74. The molecule has 1 heterocycles. The van der Waals surface area contributed by atoms with Crippen LogP contribution in [-0.2, 0) is 7.05 Å². The van der Waals surface area contributed by atoms with E-state index in [1.54, 1.807) is 0 Å². The number of aryl methyl sites for hydroxylation is 1. The van der Waals surface area contributed by atoms with E-state index >= 15 is 0 Å². The number of nitrogens with zero attached hydrogens (tertiary/aromatic N) is 2. The number of hydrogen-bond donors (Lipinski definition) is 0. The zero-order valence-corrected chi connectivity index (χ0v) is 9.49. The molecule has 15 heavy (non-hydrogen) atoms. The zero-order valence-electron chi connectivity index (χ0n) is 9.49. The molecular formula is C13H16N2. The minimum absolute atomic E-state index is 0.448. The Hall–Kier alpha value is -1.57. The number of hydrogen-bond acceptors (Lipinski definition) is 1. The van der Waals surface area contributed by atoms with E-state index in [1.165, 1.54) is 5.39 Å². The molecule has 1 aromatic heterocycles. The number of allylic oxidation sites excluding steroid dienone is 1. The SMILES string of the molecule is C=C(c1c2ccccc2nn1C)C(C)C. The maximum atomic E-state index is 4.47. The van der Waals surface area contributed by atoms with Crippen molar-refractivity contribution < 1.29 is 0 Å². The van der Waals surface area contributed by atoms with Gasteiger partial charge in [0.15, 0.2) is 0 Å². The Morgan fingerprint density at radius 2 is 2.00 bits per heavy atom. The highest BCUT2D eigenvalue weighted by Gasteiger charge is 2.13. The summed E-state index contributed by atoms with van der Waals surface area (Å²) < 4.78 is 1.92. The van der Waals surface area contributed by atoms with Crippen LogP contribution in [0.4, 0.5) is 0 Å². The fraction of sp³-hybridized carbons (Fsp3) is 0.308. The first kappa shape index (κ1) is 9.97. The van der Waals surface area contributed by atoms with E-state index in [-0.39, 0.29) is 0 Å². The van der Waals surface area contributed by atoms with Gasteiger partial charge in [0.1, 0.15) is 0 Å². The lowest BCUT2D eigenvalue weighted by molar-refractivity contribution is 0.746. The second-order valence-electron chi connectivity index (χ2n) is 4.17. The molecule has 0 N–H and O–H groups in total. The van der Waals surface area contributed by atoms with Gasteiger partial charge in [-0.1, -0.05) is 38.6 Å². The van der Waals surface area contributed by atoms with Crippen molar-refractivity contribution in [3.05, 3.63) is 36.5 Å². The van der Waals surface area contributed by atoms with Crippen molar-refractivity contribution in [2.45, 2.75) is 13.8 Å². The minimum Gasteiger partial charge on any atom is -0.267 e. The molecule has 0 amide bonds. The zero-order chi connectivity index (χ0) is 11.0. The lowest BCUT2D eigenvalue weighted by Gasteiger charge is -2.10. The van der Waals surface area contributed by atoms with Crippen LogP contribution in [-0.4, -0.2) is 9.78 Å². The summed E-state index contributed by atoms with van der Waals surface area (Å²) in [7, 11) is 1.98. The molecular weight excluding hydrogens is 184 g/mol. The Labute approximate surface area is 90.2 Å². The Kier molecular flexibility index (Phi) is 2.35. The second-order valence-corrected chi connectivity index (χ2v) is 4.17. The molecule has 0 bridgehead atoms.